The molecular weight excluding hydrogens is 378 g/mol. The Morgan fingerprint density at radius 3 is 2.79 bits per heavy atom. The topological polar surface area (TPSA) is 100 Å². The fraction of sp³-hybridized carbons (Fsp3) is 0.450. The van der Waals surface area contributed by atoms with Gasteiger partial charge in [0, 0.05) is 24.7 Å². The summed E-state index contributed by atoms with van der Waals surface area (Å²) in [6.07, 6.45) is 5.23. The Hall–Kier alpha value is -2.32. The lowest BCUT2D eigenvalue weighted by atomic mass is 9.78. The van der Waals surface area contributed by atoms with Crippen LogP contribution in [-0.4, -0.2) is 46.9 Å². The summed E-state index contributed by atoms with van der Waals surface area (Å²) in [5.41, 5.74) is 2.33. The molecule has 1 saturated heterocycles. The Labute approximate surface area is 164 Å². The lowest BCUT2D eigenvalue weighted by Gasteiger charge is -2.40. The van der Waals surface area contributed by atoms with Crippen LogP contribution >= 0.6 is 0 Å². The zero-order valence-corrected chi connectivity index (χ0v) is 16.8. The second-order valence-electron chi connectivity index (χ2n) is 7.80. The first kappa shape index (κ1) is 19.0. The van der Waals surface area contributed by atoms with E-state index in [9.17, 15) is 18.3 Å². The average molecular weight is 401 g/mol. The van der Waals surface area contributed by atoms with E-state index in [4.69, 9.17) is 0 Å². The van der Waals surface area contributed by atoms with Gasteiger partial charge in [-0.2, -0.15) is 4.31 Å². The maximum absolute atomic E-state index is 13.4. The molecule has 7 nitrogen and oxygen atoms in total. The van der Waals surface area contributed by atoms with E-state index in [-0.39, 0.29) is 15.9 Å². The van der Waals surface area contributed by atoms with E-state index < -0.39 is 16.0 Å². The van der Waals surface area contributed by atoms with Crippen LogP contribution in [0.4, 0.5) is 0 Å². The molecule has 28 heavy (non-hydrogen) atoms. The smallest absolute Gasteiger partial charge is 0.335 e. The highest BCUT2D eigenvalue weighted by atomic mass is 32.2. The predicted molar refractivity (Wildman–Crippen MR) is 103 cm³/mol. The Bertz CT molecular complexity index is 1060. The van der Waals surface area contributed by atoms with Crippen molar-refractivity contribution >= 4 is 16.0 Å². The first-order chi connectivity index (χ1) is 13.2. The van der Waals surface area contributed by atoms with Gasteiger partial charge in [0.1, 0.15) is 5.82 Å². The zero-order chi connectivity index (χ0) is 20.1. The van der Waals surface area contributed by atoms with Crippen LogP contribution in [0.2, 0.25) is 0 Å². The normalized spacial score (nSPS) is 22.4. The minimum absolute atomic E-state index is 0.0227. The number of carboxylic acids is 1. The van der Waals surface area contributed by atoms with E-state index >= 15 is 0 Å². The SMILES string of the molecule is Cc1ncc2c(n1)C1(CCCN(S(=O)(=O)c3cc(C(=O)O)ccc3C)C1)CC2. The van der Waals surface area contributed by atoms with Gasteiger partial charge in [-0.1, -0.05) is 6.07 Å². The minimum Gasteiger partial charge on any atom is -0.478 e. The number of aromatic nitrogens is 2. The summed E-state index contributed by atoms with van der Waals surface area (Å²) in [4.78, 5) is 20.3. The number of hydrogen-bond donors (Lipinski definition) is 1. The van der Waals surface area contributed by atoms with Crippen LogP contribution in [-0.2, 0) is 21.9 Å². The van der Waals surface area contributed by atoms with E-state index in [0.29, 0.717) is 24.5 Å². The van der Waals surface area contributed by atoms with Crippen LogP contribution in [0.25, 0.3) is 0 Å². The number of carboxylic acid groups (broad SMARTS) is 1. The molecule has 4 rings (SSSR count). The Balaban J connectivity index is 1.73. The minimum atomic E-state index is -3.80. The highest BCUT2D eigenvalue weighted by molar-refractivity contribution is 7.89. The molecule has 2 aromatic rings. The number of hydrogen-bond acceptors (Lipinski definition) is 5. The van der Waals surface area contributed by atoms with Gasteiger partial charge >= 0.3 is 5.97 Å². The summed E-state index contributed by atoms with van der Waals surface area (Å²) in [7, 11) is -3.80. The molecule has 2 aliphatic rings. The molecule has 2 heterocycles. The van der Waals surface area contributed by atoms with Gasteiger partial charge in [-0.25, -0.2) is 23.2 Å². The lowest BCUT2D eigenvalue weighted by Crippen LogP contribution is -2.48. The van der Waals surface area contributed by atoms with Crippen molar-refractivity contribution in [2.75, 3.05) is 13.1 Å². The third kappa shape index (κ3) is 3.00. The number of aromatic carboxylic acids is 1. The Kier molecular flexibility index (Phi) is 4.50. The van der Waals surface area contributed by atoms with E-state index in [1.165, 1.54) is 16.4 Å². The molecule has 1 aliphatic carbocycles. The van der Waals surface area contributed by atoms with Crippen LogP contribution in [0.5, 0.6) is 0 Å². The van der Waals surface area contributed by atoms with Gasteiger partial charge < -0.3 is 5.11 Å². The summed E-state index contributed by atoms with van der Waals surface area (Å²) in [5.74, 6) is -0.437. The highest BCUT2D eigenvalue weighted by Crippen LogP contribution is 2.45. The predicted octanol–water partition coefficient (Wildman–Crippen LogP) is 2.46. The van der Waals surface area contributed by atoms with Crippen LogP contribution in [0.1, 0.15) is 52.3 Å². The monoisotopic (exact) mass is 401 g/mol. The number of carbonyl (C=O) groups is 1. The van der Waals surface area contributed by atoms with E-state index in [1.807, 2.05) is 13.1 Å². The second kappa shape index (κ2) is 6.63. The molecule has 148 valence electrons. The van der Waals surface area contributed by atoms with Crippen molar-refractivity contribution in [3.63, 3.8) is 0 Å². The van der Waals surface area contributed by atoms with E-state index in [2.05, 4.69) is 9.97 Å². The van der Waals surface area contributed by atoms with Crippen LogP contribution in [0.3, 0.4) is 0 Å². The van der Waals surface area contributed by atoms with Gasteiger partial charge in [0.2, 0.25) is 10.0 Å². The molecule has 8 heteroatoms. The lowest BCUT2D eigenvalue weighted by molar-refractivity contribution is 0.0696. The maximum atomic E-state index is 13.4. The number of piperidine rings is 1. The van der Waals surface area contributed by atoms with Crippen LogP contribution < -0.4 is 0 Å². The molecule has 1 fully saturated rings. The zero-order valence-electron chi connectivity index (χ0n) is 16.0. The largest absolute Gasteiger partial charge is 0.478 e. The van der Waals surface area contributed by atoms with E-state index in [0.717, 1.165) is 36.9 Å². The molecule has 1 atom stereocenters. The van der Waals surface area contributed by atoms with Gasteiger partial charge in [-0.05, 0) is 62.8 Å². The summed E-state index contributed by atoms with van der Waals surface area (Å²) in [6, 6.07) is 4.25. The summed E-state index contributed by atoms with van der Waals surface area (Å²) in [6.45, 7) is 4.35. The fourth-order valence-electron chi connectivity index (χ4n) is 4.47. The van der Waals surface area contributed by atoms with Crippen molar-refractivity contribution in [1.82, 2.24) is 14.3 Å². The first-order valence-electron chi connectivity index (χ1n) is 9.40. The Morgan fingerprint density at radius 2 is 2.04 bits per heavy atom. The molecule has 0 amide bonds. The number of benzene rings is 1. The van der Waals surface area contributed by atoms with Crippen molar-refractivity contribution in [1.29, 1.82) is 0 Å². The van der Waals surface area contributed by atoms with Crippen molar-refractivity contribution in [3.05, 3.63) is 52.6 Å². The van der Waals surface area contributed by atoms with Crippen molar-refractivity contribution in [2.45, 2.75) is 49.8 Å². The number of aryl methyl sites for hydroxylation is 3. The number of sulfonamides is 1. The summed E-state index contributed by atoms with van der Waals surface area (Å²) in [5, 5.41) is 9.26. The maximum Gasteiger partial charge on any atom is 0.335 e. The van der Waals surface area contributed by atoms with Gasteiger partial charge in [0.15, 0.2) is 0 Å². The van der Waals surface area contributed by atoms with Crippen LogP contribution in [0, 0.1) is 13.8 Å². The fourth-order valence-corrected chi connectivity index (χ4v) is 6.29. The second-order valence-corrected chi connectivity index (χ2v) is 9.71. The van der Waals surface area contributed by atoms with Gasteiger partial charge in [0.25, 0.3) is 0 Å². The molecule has 0 radical (unpaired) electrons. The molecule has 1 aliphatic heterocycles. The van der Waals surface area contributed by atoms with Crippen molar-refractivity contribution in [2.24, 2.45) is 0 Å². The number of rotatable bonds is 3. The van der Waals surface area contributed by atoms with E-state index in [1.54, 1.807) is 13.0 Å². The first-order valence-corrected chi connectivity index (χ1v) is 10.8. The van der Waals surface area contributed by atoms with Gasteiger partial charge in [0.05, 0.1) is 16.2 Å². The van der Waals surface area contributed by atoms with Gasteiger partial charge in [-0.15, -0.1) is 0 Å². The highest BCUT2D eigenvalue weighted by Gasteiger charge is 2.46. The number of nitrogens with zero attached hydrogens (tertiary/aromatic N) is 3. The molecule has 1 aromatic carbocycles. The van der Waals surface area contributed by atoms with Crippen molar-refractivity contribution < 1.29 is 18.3 Å². The molecule has 1 spiro atoms. The van der Waals surface area contributed by atoms with Crippen LogP contribution in [0.15, 0.2) is 29.3 Å². The molecule has 1 unspecified atom stereocenters. The van der Waals surface area contributed by atoms with Crippen molar-refractivity contribution in [3.8, 4) is 0 Å². The summed E-state index contributed by atoms with van der Waals surface area (Å²) >= 11 is 0. The molecule has 1 N–H and O–H groups in total. The molecule has 1 aromatic heterocycles. The third-order valence-electron chi connectivity index (χ3n) is 5.96. The quantitative estimate of drug-likeness (QED) is 0.848. The standard InChI is InChI=1S/C20H23N3O4S/c1-13-4-5-15(19(24)25)10-17(13)28(26,27)23-9-3-7-20(12-23)8-6-16-11-21-14(2)22-18(16)20/h4-5,10-11H,3,6-9,12H2,1-2H3,(H,24,25). The molecule has 0 bridgehead atoms. The molecular formula is C20H23N3O4S. The third-order valence-corrected chi connectivity index (χ3v) is 7.94. The van der Waals surface area contributed by atoms with Gasteiger partial charge in [-0.3, -0.25) is 0 Å². The average Bonchev–Trinajstić information content (AvgIpc) is 2.99. The Morgan fingerprint density at radius 1 is 1.25 bits per heavy atom. The molecule has 0 saturated carbocycles. The summed E-state index contributed by atoms with van der Waals surface area (Å²) < 4.78 is 28.3. The number of fused-ring (bicyclic) bond motifs is 2.